The number of pyridine rings is 1. The maximum absolute atomic E-state index is 4.40. The molecule has 0 atom stereocenters. The van der Waals surface area contributed by atoms with E-state index in [0.29, 0.717) is 0 Å². The number of hydrogen-bond acceptors (Lipinski definition) is 3. The van der Waals surface area contributed by atoms with E-state index in [1.807, 2.05) is 12.3 Å². The maximum atomic E-state index is 4.40. The molecule has 106 valence electrons. The minimum absolute atomic E-state index is 0.902. The Kier molecular flexibility index (Phi) is 5.13. The Morgan fingerprint density at radius 1 is 1.10 bits per heavy atom. The fourth-order valence-electron chi connectivity index (χ4n) is 2.29. The highest BCUT2D eigenvalue weighted by Gasteiger charge is 2.03. The van der Waals surface area contributed by atoms with E-state index in [-0.39, 0.29) is 0 Å². The second-order valence-corrected chi connectivity index (χ2v) is 5.24. The fourth-order valence-corrected chi connectivity index (χ4v) is 2.29. The van der Waals surface area contributed by atoms with Crippen LogP contribution >= 0.6 is 0 Å². The van der Waals surface area contributed by atoms with Crippen molar-refractivity contribution in [3.63, 3.8) is 0 Å². The van der Waals surface area contributed by atoms with Gasteiger partial charge in [0.2, 0.25) is 0 Å². The molecule has 0 aliphatic heterocycles. The zero-order valence-corrected chi connectivity index (χ0v) is 12.6. The Morgan fingerprint density at radius 2 is 1.90 bits per heavy atom. The van der Waals surface area contributed by atoms with Gasteiger partial charge in [0.15, 0.2) is 0 Å². The van der Waals surface area contributed by atoms with Gasteiger partial charge in [-0.2, -0.15) is 0 Å². The quantitative estimate of drug-likeness (QED) is 0.870. The SMILES string of the molecule is CCNc1ccc(CN(C)Cc2cccc(C)c2)cn1. The lowest BCUT2D eigenvalue weighted by atomic mass is 10.1. The molecule has 1 aromatic carbocycles. The molecule has 1 aromatic heterocycles. The minimum Gasteiger partial charge on any atom is -0.370 e. The minimum atomic E-state index is 0.902. The van der Waals surface area contributed by atoms with Gasteiger partial charge in [0.05, 0.1) is 0 Å². The number of benzene rings is 1. The van der Waals surface area contributed by atoms with Gasteiger partial charge in [-0.3, -0.25) is 4.90 Å². The van der Waals surface area contributed by atoms with E-state index in [9.17, 15) is 0 Å². The second kappa shape index (κ2) is 7.06. The Labute approximate surface area is 121 Å². The Morgan fingerprint density at radius 3 is 2.55 bits per heavy atom. The molecule has 20 heavy (non-hydrogen) atoms. The largest absolute Gasteiger partial charge is 0.370 e. The van der Waals surface area contributed by atoms with Gasteiger partial charge in [-0.25, -0.2) is 4.98 Å². The van der Waals surface area contributed by atoms with Gasteiger partial charge in [0, 0.05) is 25.8 Å². The van der Waals surface area contributed by atoms with E-state index in [2.05, 4.69) is 66.4 Å². The summed E-state index contributed by atoms with van der Waals surface area (Å²) in [7, 11) is 2.14. The first-order valence-electron chi connectivity index (χ1n) is 7.10. The highest BCUT2D eigenvalue weighted by atomic mass is 15.1. The van der Waals surface area contributed by atoms with Gasteiger partial charge >= 0.3 is 0 Å². The van der Waals surface area contributed by atoms with Gasteiger partial charge in [-0.15, -0.1) is 0 Å². The molecule has 0 bridgehead atoms. The smallest absolute Gasteiger partial charge is 0.125 e. The average Bonchev–Trinajstić information content (AvgIpc) is 2.41. The third-order valence-corrected chi connectivity index (χ3v) is 3.17. The van der Waals surface area contributed by atoms with Crippen LogP contribution in [0.25, 0.3) is 0 Å². The van der Waals surface area contributed by atoms with Crippen molar-refractivity contribution < 1.29 is 0 Å². The summed E-state index contributed by atoms with van der Waals surface area (Å²) in [6.45, 7) is 6.97. The second-order valence-electron chi connectivity index (χ2n) is 5.24. The third-order valence-electron chi connectivity index (χ3n) is 3.17. The summed E-state index contributed by atoms with van der Waals surface area (Å²) >= 11 is 0. The van der Waals surface area contributed by atoms with Crippen LogP contribution in [0.2, 0.25) is 0 Å². The van der Waals surface area contributed by atoms with Gasteiger partial charge in [-0.05, 0) is 38.1 Å². The Hall–Kier alpha value is -1.87. The van der Waals surface area contributed by atoms with Crippen molar-refractivity contribution in [1.82, 2.24) is 9.88 Å². The first kappa shape index (κ1) is 14.5. The third kappa shape index (κ3) is 4.35. The van der Waals surface area contributed by atoms with Crippen LogP contribution in [-0.4, -0.2) is 23.5 Å². The predicted octanol–water partition coefficient (Wildman–Crippen LogP) is 3.45. The molecule has 0 amide bonds. The standard InChI is InChI=1S/C17H23N3/c1-4-18-17-9-8-16(11-19-17)13-20(3)12-15-7-5-6-14(2)10-15/h5-11H,4,12-13H2,1-3H3,(H,18,19). The van der Waals surface area contributed by atoms with Crippen LogP contribution in [0.5, 0.6) is 0 Å². The summed E-state index contributed by atoms with van der Waals surface area (Å²) in [4.78, 5) is 6.71. The molecule has 0 aliphatic carbocycles. The highest BCUT2D eigenvalue weighted by molar-refractivity contribution is 5.35. The van der Waals surface area contributed by atoms with Crippen LogP contribution in [0.1, 0.15) is 23.6 Å². The highest BCUT2D eigenvalue weighted by Crippen LogP contribution is 2.11. The number of anilines is 1. The zero-order valence-electron chi connectivity index (χ0n) is 12.6. The molecule has 1 N–H and O–H groups in total. The predicted molar refractivity (Wildman–Crippen MR) is 84.8 cm³/mol. The van der Waals surface area contributed by atoms with Gasteiger partial charge in [0.25, 0.3) is 0 Å². The van der Waals surface area contributed by atoms with Crippen LogP contribution in [-0.2, 0) is 13.1 Å². The van der Waals surface area contributed by atoms with Crippen LogP contribution in [0.15, 0.2) is 42.6 Å². The van der Waals surface area contributed by atoms with E-state index in [1.165, 1.54) is 16.7 Å². The van der Waals surface area contributed by atoms with Crippen molar-refractivity contribution in [2.24, 2.45) is 0 Å². The molecule has 2 rings (SSSR count). The monoisotopic (exact) mass is 269 g/mol. The molecule has 0 saturated heterocycles. The number of hydrogen-bond donors (Lipinski definition) is 1. The maximum Gasteiger partial charge on any atom is 0.125 e. The lowest BCUT2D eigenvalue weighted by molar-refractivity contribution is 0.318. The summed E-state index contributed by atoms with van der Waals surface area (Å²) in [6, 6.07) is 12.8. The molecular formula is C17H23N3. The first-order valence-corrected chi connectivity index (χ1v) is 7.10. The molecule has 0 fully saturated rings. The molecule has 0 radical (unpaired) electrons. The van der Waals surface area contributed by atoms with E-state index < -0.39 is 0 Å². The number of nitrogens with zero attached hydrogens (tertiary/aromatic N) is 2. The lowest BCUT2D eigenvalue weighted by Crippen LogP contribution is -2.17. The molecule has 0 spiro atoms. The topological polar surface area (TPSA) is 28.2 Å². The molecular weight excluding hydrogens is 246 g/mol. The van der Waals surface area contributed by atoms with E-state index >= 15 is 0 Å². The summed E-state index contributed by atoms with van der Waals surface area (Å²) in [5.41, 5.74) is 3.90. The molecule has 1 heterocycles. The van der Waals surface area contributed by atoms with E-state index in [0.717, 1.165) is 25.5 Å². The first-order chi connectivity index (χ1) is 9.67. The van der Waals surface area contributed by atoms with Crippen LogP contribution in [0, 0.1) is 6.92 Å². The molecule has 3 nitrogen and oxygen atoms in total. The summed E-state index contributed by atoms with van der Waals surface area (Å²) in [5.74, 6) is 0.942. The Bertz CT molecular complexity index is 534. The van der Waals surface area contributed by atoms with Crippen molar-refractivity contribution in [2.75, 3.05) is 18.9 Å². The normalized spacial score (nSPS) is 10.8. The number of rotatable bonds is 6. The lowest BCUT2D eigenvalue weighted by Gasteiger charge is -2.17. The number of aryl methyl sites for hydroxylation is 1. The van der Waals surface area contributed by atoms with Gasteiger partial charge in [-0.1, -0.05) is 35.9 Å². The molecule has 3 heteroatoms. The van der Waals surface area contributed by atoms with E-state index in [4.69, 9.17) is 0 Å². The number of nitrogens with one attached hydrogen (secondary N) is 1. The van der Waals surface area contributed by atoms with Crippen LogP contribution < -0.4 is 5.32 Å². The molecule has 0 saturated carbocycles. The summed E-state index contributed by atoms with van der Waals surface area (Å²) in [5, 5.41) is 3.21. The van der Waals surface area contributed by atoms with Crippen LogP contribution in [0.4, 0.5) is 5.82 Å². The van der Waals surface area contributed by atoms with Crippen molar-refractivity contribution in [1.29, 1.82) is 0 Å². The van der Waals surface area contributed by atoms with E-state index in [1.54, 1.807) is 0 Å². The summed E-state index contributed by atoms with van der Waals surface area (Å²) < 4.78 is 0. The Balaban J connectivity index is 1.92. The van der Waals surface area contributed by atoms with Gasteiger partial charge in [0.1, 0.15) is 5.82 Å². The van der Waals surface area contributed by atoms with Crippen LogP contribution in [0.3, 0.4) is 0 Å². The van der Waals surface area contributed by atoms with Crippen molar-refractivity contribution >= 4 is 5.82 Å². The average molecular weight is 269 g/mol. The molecule has 2 aromatic rings. The van der Waals surface area contributed by atoms with Crippen molar-refractivity contribution in [3.05, 3.63) is 59.3 Å². The zero-order chi connectivity index (χ0) is 14.4. The number of aromatic nitrogens is 1. The summed E-state index contributed by atoms with van der Waals surface area (Å²) in [6.07, 6.45) is 1.95. The molecule has 0 unspecified atom stereocenters. The van der Waals surface area contributed by atoms with Crippen molar-refractivity contribution in [3.8, 4) is 0 Å². The van der Waals surface area contributed by atoms with Crippen molar-refractivity contribution in [2.45, 2.75) is 26.9 Å². The molecule has 0 aliphatic rings. The van der Waals surface area contributed by atoms with Gasteiger partial charge < -0.3 is 5.32 Å². The fraction of sp³-hybridized carbons (Fsp3) is 0.353.